The molecule has 0 spiro atoms. The fourth-order valence-electron chi connectivity index (χ4n) is 4.76. The van der Waals surface area contributed by atoms with E-state index in [0.717, 1.165) is 42.7 Å². The van der Waals surface area contributed by atoms with Gasteiger partial charge in [-0.3, -0.25) is 14.5 Å². The van der Waals surface area contributed by atoms with Gasteiger partial charge in [0.1, 0.15) is 10.6 Å². The van der Waals surface area contributed by atoms with Gasteiger partial charge < -0.3 is 13.9 Å². The molecule has 1 unspecified atom stereocenters. The van der Waals surface area contributed by atoms with Gasteiger partial charge in [0.2, 0.25) is 10.9 Å². The number of aryl methyl sites for hydroxylation is 2. The highest BCUT2D eigenvalue weighted by molar-refractivity contribution is 7.15. The van der Waals surface area contributed by atoms with Crippen LogP contribution in [0.15, 0.2) is 45.6 Å². The molecule has 38 heavy (non-hydrogen) atoms. The number of nitrogens with zero attached hydrogens (tertiary/aromatic N) is 3. The smallest absolute Gasteiger partial charge is 0.297 e. The highest BCUT2D eigenvalue weighted by atomic mass is 32.1. The largest absolute Gasteiger partial charge is 0.493 e. The zero-order chi connectivity index (χ0) is 26.8. The minimum absolute atomic E-state index is 0.0300. The van der Waals surface area contributed by atoms with Gasteiger partial charge in [-0.1, -0.05) is 55.7 Å². The van der Waals surface area contributed by atoms with Crippen LogP contribution < -0.4 is 19.8 Å². The minimum Gasteiger partial charge on any atom is -0.493 e. The second kappa shape index (κ2) is 10.9. The van der Waals surface area contributed by atoms with E-state index in [9.17, 15) is 9.59 Å². The third-order valence-corrected chi connectivity index (χ3v) is 7.64. The molecule has 0 fully saturated rings. The number of fused-ring (bicyclic) bond motifs is 2. The number of carbonyl (C=O) groups is 1. The number of unbranched alkanes of at least 4 members (excludes halogenated alkanes) is 2. The number of amides is 1. The second-order valence-electron chi connectivity index (χ2n) is 9.45. The predicted molar refractivity (Wildman–Crippen MR) is 148 cm³/mol. The van der Waals surface area contributed by atoms with Crippen molar-refractivity contribution >= 4 is 33.3 Å². The van der Waals surface area contributed by atoms with Crippen LogP contribution >= 0.6 is 11.3 Å². The monoisotopic (exact) mass is 533 g/mol. The first kappa shape index (κ1) is 25.9. The van der Waals surface area contributed by atoms with E-state index in [1.807, 2.05) is 31.2 Å². The highest BCUT2D eigenvalue weighted by Gasteiger charge is 2.45. The topological polar surface area (TPSA) is 94.8 Å². The molecule has 0 bridgehead atoms. The van der Waals surface area contributed by atoms with Crippen molar-refractivity contribution in [2.75, 3.05) is 18.6 Å². The van der Waals surface area contributed by atoms with Gasteiger partial charge in [-0.15, -0.1) is 10.2 Å². The van der Waals surface area contributed by atoms with Crippen LogP contribution in [0.4, 0.5) is 5.13 Å². The maximum atomic E-state index is 13.9. The van der Waals surface area contributed by atoms with Gasteiger partial charge in [-0.25, -0.2) is 0 Å². The van der Waals surface area contributed by atoms with Gasteiger partial charge in [-0.2, -0.15) is 0 Å². The van der Waals surface area contributed by atoms with Crippen molar-refractivity contribution < 1.29 is 18.7 Å². The first-order valence-electron chi connectivity index (χ1n) is 13.0. The Morgan fingerprint density at radius 1 is 1.03 bits per heavy atom. The molecule has 2 aromatic heterocycles. The van der Waals surface area contributed by atoms with Crippen LogP contribution in [0.5, 0.6) is 11.5 Å². The molecule has 198 valence electrons. The van der Waals surface area contributed by atoms with Crippen LogP contribution in [0.25, 0.3) is 11.0 Å². The number of anilines is 1. The van der Waals surface area contributed by atoms with E-state index in [-0.39, 0.29) is 11.2 Å². The van der Waals surface area contributed by atoms with Crippen molar-refractivity contribution in [3.05, 3.63) is 74.1 Å². The summed E-state index contributed by atoms with van der Waals surface area (Å²) < 4.78 is 17.7. The van der Waals surface area contributed by atoms with Crippen molar-refractivity contribution in [3.63, 3.8) is 0 Å². The van der Waals surface area contributed by atoms with Gasteiger partial charge in [0, 0.05) is 6.42 Å². The molecule has 4 aromatic rings. The lowest BCUT2D eigenvalue weighted by Crippen LogP contribution is -2.29. The minimum atomic E-state index is -0.746. The molecule has 0 radical (unpaired) electrons. The summed E-state index contributed by atoms with van der Waals surface area (Å²) in [4.78, 5) is 29.2. The van der Waals surface area contributed by atoms with Crippen molar-refractivity contribution in [2.24, 2.45) is 0 Å². The summed E-state index contributed by atoms with van der Waals surface area (Å²) in [5, 5.41) is 10.3. The van der Waals surface area contributed by atoms with E-state index in [0.29, 0.717) is 45.3 Å². The molecule has 1 aliphatic heterocycles. The van der Waals surface area contributed by atoms with Gasteiger partial charge >= 0.3 is 0 Å². The molecule has 1 amide bonds. The van der Waals surface area contributed by atoms with Gasteiger partial charge in [0.05, 0.1) is 30.7 Å². The average Bonchev–Trinajstić information content (AvgIpc) is 3.49. The Bertz CT molecular complexity index is 1540. The molecule has 0 saturated carbocycles. The number of aromatic nitrogens is 2. The molecule has 0 saturated heterocycles. The van der Waals surface area contributed by atoms with Crippen LogP contribution in [0.2, 0.25) is 0 Å². The Morgan fingerprint density at radius 3 is 2.63 bits per heavy atom. The summed E-state index contributed by atoms with van der Waals surface area (Å²) in [6, 6.07) is 10.2. The Hall–Kier alpha value is -3.72. The number of rotatable bonds is 10. The summed E-state index contributed by atoms with van der Waals surface area (Å²) in [7, 11) is 1.58. The van der Waals surface area contributed by atoms with Gasteiger partial charge in [-0.05, 0) is 49.6 Å². The quantitative estimate of drug-likeness (QED) is 0.223. The molecule has 1 aliphatic rings. The Labute approximate surface area is 225 Å². The molecule has 0 N–H and O–H groups in total. The molecular formula is C29H31N3O5S. The highest BCUT2D eigenvalue weighted by Crippen LogP contribution is 2.44. The van der Waals surface area contributed by atoms with Crippen LogP contribution in [-0.4, -0.2) is 29.8 Å². The molecule has 0 aliphatic carbocycles. The van der Waals surface area contributed by atoms with Crippen LogP contribution in [0, 0.1) is 6.92 Å². The molecule has 3 heterocycles. The number of ether oxygens (including phenoxy) is 2. The number of carbonyl (C=O) groups excluding carboxylic acids is 1. The zero-order valence-electron chi connectivity index (χ0n) is 22.1. The second-order valence-corrected chi connectivity index (χ2v) is 10.5. The van der Waals surface area contributed by atoms with Gasteiger partial charge in [0.25, 0.3) is 5.91 Å². The Morgan fingerprint density at radius 2 is 1.87 bits per heavy atom. The van der Waals surface area contributed by atoms with Crippen LogP contribution in [0.3, 0.4) is 0 Å². The van der Waals surface area contributed by atoms with E-state index in [4.69, 9.17) is 13.9 Å². The van der Waals surface area contributed by atoms with Crippen molar-refractivity contribution in [1.29, 1.82) is 0 Å². The molecule has 2 aromatic carbocycles. The van der Waals surface area contributed by atoms with Crippen molar-refractivity contribution in [1.82, 2.24) is 10.2 Å². The van der Waals surface area contributed by atoms with E-state index >= 15 is 0 Å². The Kier molecular flexibility index (Phi) is 7.46. The third kappa shape index (κ3) is 4.67. The van der Waals surface area contributed by atoms with E-state index in [2.05, 4.69) is 24.0 Å². The Balaban J connectivity index is 1.65. The molecule has 8 nitrogen and oxygen atoms in total. The normalized spacial score (nSPS) is 14.8. The molecular weight excluding hydrogens is 502 g/mol. The van der Waals surface area contributed by atoms with E-state index in [1.165, 1.54) is 16.2 Å². The summed E-state index contributed by atoms with van der Waals surface area (Å²) in [6.07, 6.45) is 4.81. The summed E-state index contributed by atoms with van der Waals surface area (Å²) in [5.74, 6) is 0.764. The van der Waals surface area contributed by atoms with Crippen LogP contribution in [0.1, 0.15) is 77.8 Å². The predicted octanol–water partition coefficient (Wildman–Crippen LogP) is 6.23. The number of benzene rings is 2. The zero-order valence-corrected chi connectivity index (χ0v) is 22.9. The van der Waals surface area contributed by atoms with E-state index < -0.39 is 11.9 Å². The maximum absolute atomic E-state index is 13.9. The summed E-state index contributed by atoms with van der Waals surface area (Å²) in [5.41, 5.74) is 2.07. The van der Waals surface area contributed by atoms with Crippen LogP contribution in [-0.2, 0) is 6.42 Å². The summed E-state index contributed by atoms with van der Waals surface area (Å²) in [6.45, 7) is 6.71. The number of methoxy groups -OCH3 is 1. The number of hydrogen-bond donors (Lipinski definition) is 0. The fraction of sp³-hybridized carbons (Fsp3) is 0.379. The third-order valence-electron chi connectivity index (χ3n) is 6.66. The first-order valence-corrected chi connectivity index (χ1v) is 13.8. The van der Waals surface area contributed by atoms with E-state index in [1.54, 1.807) is 19.2 Å². The average molecular weight is 534 g/mol. The molecule has 9 heteroatoms. The standard InChI is InChI=1S/C29H31N3O5S/c1-5-7-8-14-36-21-13-11-18(16-22(21)35-4)25-24-26(33)19-15-17(3)10-12-20(19)37-27(24)28(34)32(25)29-31-30-23(38-29)9-6-2/h10-13,15-16,25H,5-9,14H2,1-4H3. The lowest BCUT2D eigenvalue weighted by Gasteiger charge is -2.23. The van der Waals surface area contributed by atoms with Crippen molar-refractivity contribution in [2.45, 2.75) is 58.9 Å². The number of hydrogen-bond acceptors (Lipinski definition) is 8. The fourth-order valence-corrected chi connectivity index (χ4v) is 5.73. The molecule has 1 atom stereocenters. The SMILES string of the molecule is CCCCCOc1ccc(C2c3c(oc4ccc(C)cc4c3=O)C(=O)N2c2nnc(CCC)s2)cc1OC. The summed E-state index contributed by atoms with van der Waals surface area (Å²) >= 11 is 1.35. The van der Waals surface area contributed by atoms with Gasteiger partial charge in [0.15, 0.2) is 16.9 Å². The van der Waals surface area contributed by atoms with Crippen molar-refractivity contribution in [3.8, 4) is 11.5 Å². The lowest BCUT2D eigenvalue weighted by molar-refractivity contribution is 0.0970. The first-order chi connectivity index (χ1) is 18.5. The maximum Gasteiger partial charge on any atom is 0.297 e. The lowest BCUT2D eigenvalue weighted by atomic mass is 9.98. The molecule has 5 rings (SSSR count).